The maximum Gasteiger partial charge on any atom is 0.251 e. The van der Waals surface area contributed by atoms with Crippen molar-refractivity contribution < 1.29 is 14.3 Å². The summed E-state index contributed by atoms with van der Waals surface area (Å²) in [6.45, 7) is 11.6. The van der Waals surface area contributed by atoms with Crippen LogP contribution in [0.15, 0.2) is 0 Å². The predicted octanol–water partition coefficient (Wildman–Crippen LogP) is 1.00. The molecule has 0 spiro atoms. The molecule has 2 aliphatic rings. The first-order valence-electron chi connectivity index (χ1n) is 8.80. The first-order chi connectivity index (χ1) is 10.8. The van der Waals surface area contributed by atoms with Gasteiger partial charge < -0.3 is 15.0 Å². The molecule has 132 valence electrons. The van der Waals surface area contributed by atoms with Gasteiger partial charge in [-0.1, -0.05) is 6.92 Å². The average Bonchev–Trinajstić information content (AvgIpc) is 3.07. The van der Waals surface area contributed by atoms with Crippen molar-refractivity contribution in [2.45, 2.75) is 64.6 Å². The molecule has 0 bridgehead atoms. The Kier molecular flexibility index (Phi) is 6.03. The van der Waals surface area contributed by atoms with Crippen LogP contribution in [0.3, 0.4) is 0 Å². The van der Waals surface area contributed by atoms with Gasteiger partial charge in [-0.3, -0.25) is 14.5 Å². The molecule has 0 aromatic rings. The SMILES string of the molecule is CCC(C)(C)NC(=O)C(C)N1CCN(C(=O)C2CCCO2)CC1. The fourth-order valence-electron chi connectivity index (χ4n) is 3.00. The van der Waals surface area contributed by atoms with Gasteiger partial charge in [-0.15, -0.1) is 0 Å². The Morgan fingerprint density at radius 1 is 1.26 bits per heavy atom. The van der Waals surface area contributed by atoms with Gasteiger partial charge in [0.05, 0.1) is 6.04 Å². The van der Waals surface area contributed by atoms with E-state index < -0.39 is 0 Å². The average molecular weight is 325 g/mol. The third-order valence-electron chi connectivity index (χ3n) is 5.10. The third kappa shape index (κ3) is 4.67. The number of rotatable bonds is 5. The smallest absolute Gasteiger partial charge is 0.251 e. The van der Waals surface area contributed by atoms with Crippen LogP contribution in [-0.2, 0) is 14.3 Å². The topological polar surface area (TPSA) is 61.9 Å². The molecule has 2 atom stereocenters. The Balaban J connectivity index is 1.81. The second kappa shape index (κ2) is 7.62. The van der Waals surface area contributed by atoms with Crippen molar-refractivity contribution in [1.29, 1.82) is 0 Å². The van der Waals surface area contributed by atoms with Gasteiger partial charge in [0.25, 0.3) is 5.91 Å². The van der Waals surface area contributed by atoms with Gasteiger partial charge in [0.2, 0.25) is 5.91 Å². The molecule has 0 aromatic heterocycles. The molecule has 2 rings (SSSR count). The lowest BCUT2D eigenvalue weighted by molar-refractivity contribution is -0.143. The summed E-state index contributed by atoms with van der Waals surface area (Å²) in [5.74, 6) is 0.183. The highest BCUT2D eigenvalue weighted by atomic mass is 16.5. The summed E-state index contributed by atoms with van der Waals surface area (Å²) in [6, 6.07) is -0.166. The van der Waals surface area contributed by atoms with E-state index in [9.17, 15) is 9.59 Å². The van der Waals surface area contributed by atoms with Gasteiger partial charge in [0.1, 0.15) is 6.10 Å². The molecule has 0 aliphatic carbocycles. The molecule has 2 aliphatic heterocycles. The van der Waals surface area contributed by atoms with Gasteiger partial charge in [-0.25, -0.2) is 0 Å². The van der Waals surface area contributed by atoms with Crippen molar-refractivity contribution in [2.75, 3.05) is 32.8 Å². The van der Waals surface area contributed by atoms with Crippen LogP contribution in [-0.4, -0.2) is 72.1 Å². The van der Waals surface area contributed by atoms with Crippen molar-refractivity contribution in [1.82, 2.24) is 15.1 Å². The predicted molar refractivity (Wildman–Crippen MR) is 89.1 cm³/mol. The molecular weight excluding hydrogens is 294 g/mol. The highest BCUT2D eigenvalue weighted by Crippen LogP contribution is 2.17. The Morgan fingerprint density at radius 2 is 1.91 bits per heavy atom. The molecule has 6 heteroatoms. The molecule has 23 heavy (non-hydrogen) atoms. The number of ether oxygens (including phenoxy) is 1. The monoisotopic (exact) mass is 325 g/mol. The zero-order valence-corrected chi connectivity index (χ0v) is 14.9. The van der Waals surface area contributed by atoms with E-state index in [-0.39, 0.29) is 29.5 Å². The molecule has 0 radical (unpaired) electrons. The molecule has 2 saturated heterocycles. The van der Waals surface area contributed by atoms with Crippen LogP contribution in [0.4, 0.5) is 0 Å². The largest absolute Gasteiger partial charge is 0.368 e. The van der Waals surface area contributed by atoms with E-state index in [0.29, 0.717) is 19.7 Å². The summed E-state index contributed by atoms with van der Waals surface area (Å²) in [5, 5.41) is 3.10. The summed E-state index contributed by atoms with van der Waals surface area (Å²) in [7, 11) is 0. The van der Waals surface area contributed by atoms with Crippen LogP contribution in [0.2, 0.25) is 0 Å². The first-order valence-corrected chi connectivity index (χ1v) is 8.80. The van der Waals surface area contributed by atoms with Crippen molar-refractivity contribution in [2.24, 2.45) is 0 Å². The van der Waals surface area contributed by atoms with Gasteiger partial charge in [-0.2, -0.15) is 0 Å². The number of piperazine rings is 1. The Labute approximate surface area is 139 Å². The van der Waals surface area contributed by atoms with Crippen LogP contribution in [0.1, 0.15) is 47.0 Å². The fourth-order valence-corrected chi connectivity index (χ4v) is 3.00. The van der Waals surface area contributed by atoms with Crippen LogP contribution in [0.5, 0.6) is 0 Å². The number of amides is 2. The normalized spacial score (nSPS) is 24.5. The van der Waals surface area contributed by atoms with Gasteiger partial charge in [-0.05, 0) is 40.0 Å². The molecule has 1 N–H and O–H groups in total. The Hall–Kier alpha value is -1.14. The van der Waals surface area contributed by atoms with Gasteiger partial charge >= 0.3 is 0 Å². The number of carbonyl (C=O) groups excluding carboxylic acids is 2. The Bertz CT molecular complexity index is 425. The zero-order chi connectivity index (χ0) is 17.0. The fraction of sp³-hybridized carbons (Fsp3) is 0.882. The van der Waals surface area contributed by atoms with Crippen molar-refractivity contribution in [3.8, 4) is 0 Å². The van der Waals surface area contributed by atoms with Crippen molar-refractivity contribution in [3.63, 3.8) is 0 Å². The minimum Gasteiger partial charge on any atom is -0.368 e. The quantitative estimate of drug-likeness (QED) is 0.819. The van der Waals surface area contributed by atoms with E-state index in [1.807, 2.05) is 25.7 Å². The van der Waals surface area contributed by atoms with E-state index in [2.05, 4.69) is 17.1 Å². The van der Waals surface area contributed by atoms with E-state index in [4.69, 9.17) is 4.74 Å². The molecular formula is C17H31N3O3. The first kappa shape index (κ1) is 18.2. The minimum absolute atomic E-state index is 0.0655. The lowest BCUT2D eigenvalue weighted by atomic mass is 10.0. The van der Waals surface area contributed by atoms with Crippen LogP contribution in [0, 0.1) is 0 Å². The van der Waals surface area contributed by atoms with Gasteiger partial charge in [0.15, 0.2) is 0 Å². The highest BCUT2D eigenvalue weighted by molar-refractivity contribution is 5.82. The number of nitrogens with one attached hydrogen (secondary N) is 1. The lowest BCUT2D eigenvalue weighted by Gasteiger charge is -2.39. The van der Waals surface area contributed by atoms with E-state index in [0.717, 1.165) is 32.4 Å². The van der Waals surface area contributed by atoms with Crippen LogP contribution >= 0.6 is 0 Å². The number of nitrogens with zero attached hydrogens (tertiary/aromatic N) is 2. The third-order valence-corrected chi connectivity index (χ3v) is 5.10. The summed E-state index contributed by atoms with van der Waals surface area (Å²) in [4.78, 5) is 28.8. The van der Waals surface area contributed by atoms with Crippen LogP contribution in [0.25, 0.3) is 0 Å². The van der Waals surface area contributed by atoms with Gasteiger partial charge in [0, 0.05) is 38.3 Å². The maximum absolute atomic E-state index is 12.4. The molecule has 0 saturated carbocycles. The summed E-state index contributed by atoms with van der Waals surface area (Å²) >= 11 is 0. The summed E-state index contributed by atoms with van der Waals surface area (Å²) < 4.78 is 5.48. The second-order valence-electron chi connectivity index (χ2n) is 7.27. The Morgan fingerprint density at radius 3 is 2.43 bits per heavy atom. The molecule has 2 amide bonds. The summed E-state index contributed by atoms with van der Waals surface area (Å²) in [6.07, 6.45) is 2.47. The molecule has 0 aromatic carbocycles. The van der Waals surface area contributed by atoms with E-state index in [1.165, 1.54) is 0 Å². The van der Waals surface area contributed by atoms with Crippen molar-refractivity contribution >= 4 is 11.8 Å². The van der Waals surface area contributed by atoms with Crippen LogP contribution < -0.4 is 5.32 Å². The standard InChI is InChI=1S/C17H31N3O3/c1-5-17(3,4)18-15(21)13(2)19-8-10-20(11-9-19)16(22)14-7-6-12-23-14/h13-14H,5-12H2,1-4H3,(H,18,21). The number of hydrogen-bond acceptors (Lipinski definition) is 4. The molecule has 6 nitrogen and oxygen atoms in total. The maximum atomic E-state index is 12.4. The summed E-state index contributed by atoms with van der Waals surface area (Å²) in [5.41, 5.74) is -0.178. The molecule has 2 fully saturated rings. The zero-order valence-electron chi connectivity index (χ0n) is 14.9. The van der Waals surface area contributed by atoms with Crippen molar-refractivity contribution in [3.05, 3.63) is 0 Å². The van der Waals surface area contributed by atoms with E-state index >= 15 is 0 Å². The number of hydrogen-bond donors (Lipinski definition) is 1. The lowest BCUT2D eigenvalue weighted by Crippen LogP contribution is -2.58. The molecule has 2 heterocycles. The minimum atomic E-state index is -0.243. The second-order valence-corrected chi connectivity index (χ2v) is 7.27. The number of carbonyl (C=O) groups is 2. The highest BCUT2D eigenvalue weighted by Gasteiger charge is 2.33. The van der Waals surface area contributed by atoms with E-state index in [1.54, 1.807) is 0 Å². The molecule has 2 unspecified atom stereocenters.